The number of hydrogen-bond acceptors (Lipinski definition) is 2. The van der Waals surface area contributed by atoms with Gasteiger partial charge in [0, 0.05) is 24.6 Å². The fourth-order valence-corrected chi connectivity index (χ4v) is 2.40. The van der Waals surface area contributed by atoms with E-state index in [0.29, 0.717) is 17.8 Å². The number of benzene rings is 2. The average molecular weight is 279 g/mol. The van der Waals surface area contributed by atoms with Gasteiger partial charge in [0.1, 0.15) is 0 Å². The van der Waals surface area contributed by atoms with E-state index < -0.39 is 0 Å². The Kier molecular flexibility index (Phi) is 3.36. The molecule has 0 atom stereocenters. The molecule has 106 valence electrons. The van der Waals surface area contributed by atoms with Gasteiger partial charge in [-0.05, 0) is 35.0 Å². The van der Waals surface area contributed by atoms with E-state index >= 15 is 0 Å². The molecular formula is C17H17N3O. The van der Waals surface area contributed by atoms with Crippen molar-refractivity contribution in [3.05, 3.63) is 66.0 Å². The molecule has 0 bridgehead atoms. The molecule has 0 saturated carbocycles. The molecule has 0 aliphatic rings. The molecule has 1 amide bonds. The van der Waals surface area contributed by atoms with Gasteiger partial charge in [-0.25, -0.2) is 0 Å². The number of nitrogen functional groups attached to an aromatic ring is 1. The van der Waals surface area contributed by atoms with Gasteiger partial charge in [-0.3, -0.25) is 4.79 Å². The van der Waals surface area contributed by atoms with E-state index in [0.717, 1.165) is 16.5 Å². The Morgan fingerprint density at radius 2 is 1.86 bits per heavy atom. The number of amides is 1. The van der Waals surface area contributed by atoms with Crippen LogP contribution in [0.1, 0.15) is 16.1 Å². The van der Waals surface area contributed by atoms with Crippen LogP contribution in [0, 0.1) is 0 Å². The second kappa shape index (κ2) is 5.32. The van der Waals surface area contributed by atoms with Crippen LogP contribution in [0.25, 0.3) is 10.8 Å². The van der Waals surface area contributed by atoms with Crippen LogP contribution in [0.4, 0.5) is 5.69 Å². The SMILES string of the molecule is Cn1cccc1CNC(=O)c1cc2ccccc2cc1N. The van der Waals surface area contributed by atoms with Gasteiger partial charge in [0.15, 0.2) is 0 Å². The number of anilines is 1. The van der Waals surface area contributed by atoms with Gasteiger partial charge in [-0.2, -0.15) is 0 Å². The number of hydrogen-bond donors (Lipinski definition) is 2. The zero-order valence-electron chi connectivity index (χ0n) is 11.8. The van der Waals surface area contributed by atoms with E-state index in [1.165, 1.54) is 0 Å². The third-order valence-corrected chi connectivity index (χ3v) is 3.64. The van der Waals surface area contributed by atoms with Gasteiger partial charge in [-0.1, -0.05) is 24.3 Å². The van der Waals surface area contributed by atoms with Crippen LogP contribution in [0.15, 0.2) is 54.7 Å². The smallest absolute Gasteiger partial charge is 0.253 e. The number of carbonyl (C=O) groups is 1. The lowest BCUT2D eigenvalue weighted by molar-refractivity contribution is 0.0951. The van der Waals surface area contributed by atoms with Crippen LogP contribution in [0.2, 0.25) is 0 Å². The minimum atomic E-state index is -0.153. The molecule has 3 N–H and O–H groups in total. The minimum absolute atomic E-state index is 0.153. The Balaban J connectivity index is 1.84. The number of fused-ring (bicyclic) bond motifs is 1. The van der Waals surface area contributed by atoms with E-state index in [2.05, 4.69) is 5.32 Å². The monoisotopic (exact) mass is 279 g/mol. The number of aryl methyl sites for hydroxylation is 1. The Morgan fingerprint density at radius 1 is 1.14 bits per heavy atom. The lowest BCUT2D eigenvalue weighted by Gasteiger charge is -2.10. The van der Waals surface area contributed by atoms with Gasteiger partial charge in [0.2, 0.25) is 0 Å². The second-order valence-electron chi connectivity index (χ2n) is 5.08. The third-order valence-electron chi connectivity index (χ3n) is 3.64. The van der Waals surface area contributed by atoms with E-state index in [4.69, 9.17) is 5.73 Å². The first kappa shape index (κ1) is 13.2. The molecule has 0 radical (unpaired) electrons. The van der Waals surface area contributed by atoms with E-state index in [-0.39, 0.29) is 5.91 Å². The number of carbonyl (C=O) groups excluding carboxylic acids is 1. The van der Waals surface area contributed by atoms with Crippen molar-refractivity contribution in [2.75, 3.05) is 5.73 Å². The summed E-state index contributed by atoms with van der Waals surface area (Å²) < 4.78 is 1.98. The summed E-state index contributed by atoms with van der Waals surface area (Å²) in [6, 6.07) is 15.5. The summed E-state index contributed by atoms with van der Waals surface area (Å²) in [6.45, 7) is 0.481. The van der Waals surface area contributed by atoms with Crippen molar-refractivity contribution in [1.29, 1.82) is 0 Å². The van der Waals surface area contributed by atoms with Crippen LogP contribution in [-0.2, 0) is 13.6 Å². The summed E-state index contributed by atoms with van der Waals surface area (Å²) in [5, 5.41) is 4.95. The first-order valence-corrected chi connectivity index (χ1v) is 6.82. The highest BCUT2D eigenvalue weighted by Crippen LogP contribution is 2.21. The lowest BCUT2D eigenvalue weighted by atomic mass is 10.0. The zero-order valence-corrected chi connectivity index (χ0v) is 11.8. The number of nitrogens with one attached hydrogen (secondary N) is 1. The van der Waals surface area contributed by atoms with Gasteiger partial charge >= 0.3 is 0 Å². The van der Waals surface area contributed by atoms with Crippen molar-refractivity contribution in [1.82, 2.24) is 9.88 Å². The highest BCUT2D eigenvalue weighted by Gasteiger charge is 2.11. The highest BCUT2D eigenvalue weighted by molar-refractivity contribution is 6.03. The van der Waals surface area contributed by atoms with E-state index in [1.807, 2.05) is 66.3 Å². The van der Waals surface area contributed by atoms with Crippen LogP contribution in [0.3, 0.4) is 0 Å². The van der Waals surface area contributed by atoms with E-state index in [9.17, 15) is 4.79 Å². The van der Waals surface area contributed by atoms with Crippen LogP contribution in [0.5, 0.6) is 0 Å². The Labute approximate surface area is 123 Å². The lowest BCUT2D eigenvalue weighted by Crippen LogP contribution is -2.24. The molecule has 4 heteroatoms. The number of nitrogens with zero attached hydrogens (tertiary/aromatic N) is 1. The molecule has 2 aromatic carbocycles. The maximum Gasteiger partial charge on any atom is 0.253 e. The molecule has 0 aliphatic heterocycles. The molecule has 0 fully saturated rings. The number of aromatic nitrogens is 1. The average Bonchev–Trinajstić information content (AvgIpc) is 2.89. The molecular weight excluding hydrogens is 262 g/mol. The normalized spacial score (nSPS) is 10.7. The minimum Gasteiger partial charge on any atom is -0.398 e. The van der Waals surface area contributed by atoms with Gasteiger partial charge in [0.05, 0.1) is 12.1 Å². The maximum absolute atomic E-state index is 12.3. The topological polar surface area (TPSA) is 60.0 Å². The Morgan fingerprint density at radius 3 is 2.52 bits per heavy atom. The van der Waals surface area contributed by atoms with Crippen LogP contribution >= 0.6 is 0 Å². The number of nitrogens with two attached hydrogens (primary N) is 1. The van der Waals surface area contributed by atoms with Crippen molar-refractivity contribution in [3.63, 3.8) is 0 Å². The Bertz CT molecular complexity index is 805. The van der Waals surface area contributed by atoms with Gasteiger partial charge < -0.3 is 15.6 Å². The predicted octanol–water partition coefficient (Wildman–Crippen LogP) is 2.69. The fourth-order valence-electron chi connectivity index (χ4n) is 2.40. The molecule has 4 nitrogen and oxygen atoms in total. The van der Waals surface area contributed by atoms with Crippen molar-refractivity contribution >= 4 is 22.4 Å². The highest BCUT2D eigenvalue weighted by atomic mass is 16.1. The predicted molar refractivity (Wildman–Crippen MR) is 84.9 cm³/mol. The summed E-state index contributed by atoms with van der Waals surface area (Å²) in [7, 11) is 1.95. The molecule has 3 rings (SSSR count). The summed E-state index contributed by atoms with van der Waals surface area (Å²) in [4.78, 5) is 12.3. The summed E-state index contributed by atoms with van der Waals surface area (Å²) in [6.07, 6.45) is 1.95. The molecule has 1 aromatic heterocycles. The summed E-state index contributed by atoms with van der Waals surface area (Å²) in [5.74, 6) is -0.153. The Hall–Kier alpha value is -2.75. The molecule has 0 aliphatic carbocycles. The van der Waals surface area contributed by atoms with Crippen LogP contribution < -0.4 is 11.1 Å². The quantitative estimate of drug-likeness (QED) is 0.724. The number of rotatable bonds is 3. The molecule has 0 saturated heterocycles. The maximum atomic E-state index is 12.3. The van der Waals surface area contributed by atoms with Crippen molar-refractivity contribution < 1.29 is 4.79 Å². The first-order chi connectivity index (χ1) is 10.1. The molecule has 0 spiro atoms. The summed E-state index contributed by atoms with van der Waals surface area (Å²) >= 11 is 0. The van der Waals surface area contributed by atoms with Gasteiger partial charge in [0.25, 0.3) is 5.91 Å². The van der Waals surface area contributed by atoms with Crippen molar-refractivity contribution in [2.24, 2.45) is 7.05 Å². The fraction of sp³-hybridized carbons (Fsp3) is 0.118. The third kappa shape index (κ3) is 2.60. The first-order valence-electron chi connectivity index (χ1n) is 6.82. The van der Waals surface area contributed by atoms with Crippen molar-refractivity contribution in [3.8, 4) is 0 Å². The van der Waals surface area contributed by atoms with Crippen molar-refractivity contribution in [2.45, 2.75) is 6.54 Å². The molecule has 3 aromatic rings. The largest absolute Gasteiger partial charge is 0.398 e. The van der Waals surface area contributed by atoms with Gasteiger partial charge in [-0.15, -0.1) is 0 Å². The zero-order chi connectivity index (χ0) is 14.8. The molecule has 21 heavy (non-hydrogen) atoms. The standard InChI is InChI=1S/C17H17N3O/c1-20-8-4-7-14(20)11-19-17(21)15-9-12-5-2-3-6-13(12)10-16(15)18/h2-10H,11,18H2,1H3,(H,19,21). The summed E-state index contributed by atoms with van der Waals surface area (Å²) in [5.41, 5.74) is 8.06. The molecule has 1 heterocycles. The molecule has 0 unspecified atom stereocenters. The second-order valence-corrected chi connectivity index (χ2v) is 5.08. The van der Waals surface area contributed by atoms with E-state index in [1.54, 1.807) is 0 Å². The van der Waals surface area contributed by atoms with Crippen LogP contribution in [-0.4, -0.2) is 10.5 Å².